The van der Waals surface area contributed by atoms with E-state index in [2.05, 4.69) is 10.5 Å². The lowest BCUT2D eigenvalue weighted by molar-refractivity contribution is 0.0950. The molecule has 0 saturated heterocycles. The van der Waals surface area contributed by atoms with Crippen molar-refractivity contribution in [3.8, 4) is 5.75 Å². The van der Waals surface area contributed by atoms with Crippen molar-refractivity contribution in [3.63, 3.8) is 0 Å². The summed E-state index contributed by atoms with van der Waals surface area (Å²) in [5.74, 6) is 0.720. The fourth-order valence-corrected chi connectivity index (χ4v) is 2.09. The van der Waals surface area contributed by atoms with Crippen LogP contribution >= 0.6 is 0 Å². The van der Waals surface area contributed by atoms with Crippen molar-refractivity contribution >= 4 is 12.1 Å². The quantitative estimate of drug-likeness (QED) is 0.557. The van der Waals surface area contributed by atoms with E-state index in [9.17, 15) is 4.79 Å². The van der Waals surface area contributed by atoms with Crippen LogP contribution < -0.4 is 10.2 Å². The van der Waals surface area contributed by atoms with Crippen molar-refractivity contribution in [2.24, 2.45) is 5.10 Å². The van der Waals surface area contributed by atoms with E-state index in [0.717, 1.165) is 5.56 Å². The number of carbonyl (C=O) groups excluding carboxylic acids is 1. The van der Waals surface area contributed by atoms with E-state index in [1.807, 2.05) is 36.4 Å². The third kappa shape index (κ3) is 4.10. The Morgan fingerprint density at radius 1 is 1.04 bits per heavy atom. The first-order chi connectivity index (χ1) is 11.8. The van der Waals surface area contributed by atoms with Crippen LogP contribution in [0.3, 0.4) is 0 Å². The van der Waals surface area contributed by atoms with E-state index in [1.54, 1.807) is 30.3 Å². The lowest BCUT2D eigenvalue weighted by atomic mass is 10.2. The Morgan fingerprint density at radius 3 is 2.62 bits per heavy atom. The Labute approximate surface area is 139 Å². The normalized spacial score (nSPS) is 10.7. The number of amides is 1. The van der Waals surface area contributed by atoms with Gasteiger partial charge in [0.05, 0.1) is 18.0 Å². The van der Waals surface area contributed by atoms with Gasteiger partial charge in [-0.2, -0.15) is 5.10 Å². The standard InChI is InChI=1S/C19H16N2O3/c22-19(21-20-13-16-9-6-12-23-16)17-10-4-5-11-18(17)24-14-15-7-2-1-3-8-15/h1-13H,14H2,(H,21,22)/b20-13+. The topological polar surface area (TPSA) is 63.8 Å². The molecule has 0 bridgehead atoms. The lowest BCUT2D eigenvalue weighted by Crippen LogP contribution is -2.18. The van der Waals surface area contributed by atoms with Crippen LogP contribution in [0.15, 0.2) is 82.5 Å². The van der Waals surface area contributed by atoms with E-state index in [-0.39, 0.29) is 5.91 Å². The van der Waals surface area contributed by atoms with E-state index in [4.69, 9.17) is 9.15 Å². The van der Waals surface area contributed by atoms with Gasteiger partial charge in [-0.3, -0.25) is 4.79 Å². The number of ether oxygens (including phenoxy) is 1. The third-order valence-corrected chi connectivity index (χ3v) is 3.27. The first kappa shape index (κ1) is 15.6. The number of carbonyl (C=O) groups is 1. The van der Waals surface area contributed by atoms with Gasteiger partial charge in [-0.1, -0.05) is 42.5 Å². The summed E-state index contributed by atoms with van der Waals surface area (Å²) < 4.78 is 10.9. The smallest absolute Gasteiger partial charge is 0.275 e. The molecule has 1 heterocycles. The van der Waals surface area contributed by atoms with Crippen LogP contribution in [0.25, 0.3) is 0 Å². The average molecular weight is 320 g/mol. The molecule has 5 nitrogen and oxygen atoms in total. The van der Waals surface area contributed by atoms with Gasteiger partial charge in [0, 0.05) is 0 Å². The molecule has 3 rings (SSSR count). The predicted molar refractivity (Wildman–Crippen MR) is 91.0 cm³/mol. The molecule has 1 N–H and O–H groups in total. The fraction of sp³-hybridized carbons (Fsp3) is 0.0526. The Hall–Kier alpha value is -3.34. The van der Waals surface area contributed by atoms with Gasteiger partial charge in [-0.05, 0) is 29.8 Å². The Bertz CT molecular complexity index is 812. The molecule has 0 aliphatic rings. The van der Waals surface area contributed by atoms with Crippen LogP contribution in [0.2, 0.25) is 0 Å². The number of nitrogens with one attached hydrogen (secondary N) is 1. The maximum atomic E-state index is 12.3. The second-order valence-corrected chi connectivity index (χ2v) is 4.98. The second kappa shape index (κ2) is 7.78. The van der Waals surface area contributed by atoms with Crippen LogP contribution in [-0.4, -0.2) is 12.1 Å². The molecule has 0 radical (unpaired) electrons. The number of nitrogens with zero attached hydrogens (tertiary/aromatic N) is 1. The van der Waals surface area contributed by atoms with Crippen molar-refractivity contribution in [3.05, 3.63) is 89.9 Å². The first-order valence-corrected chi connectivity index (χ1v) is 7.45. The van der Waals surface area contributed by atoms with Crippen LogP contribution in [-0.2, 0) is 6.61 Å². The zero-order valence-electron chi connectivity index (χ0n) is 12.9. The molecular weight excluding hydrogens is 304 g/mol. The number of hydrogen-bond donors (Lipinski definition) is 1. The summed E-state index contributed by atoms with van der Waals surface area (Å²) >= 11 is 0. The largest absolute Gasteiger partial charge is 0.488 e. The molecule has 0 saturated carbocycles. The summed E-state index contributed by atoms with van der Waals surface area (Å²) in [6, 6.07) is 20.3. The Morgan fingerprint density at radius 2 is 1.83 bits per heavy atom. The van der Waals surface area contributed by atoms with Crippen molar-refractivity contribution in [1.29, 1.82) is 0 Å². The van der Waals surface area contributed by atoms with Crippen molar-refractivity contribution in [2.45, 2.75) is 6.61 Å². The second-order valence-electron chi connectivity index (χ2n) is 4.98. The highest BCUT2D eigenvalue weighted by molar-refractivity contribution is 5.97. The number of benzene rings is 2. The molecule has 1 aromatic heterocycles. The van der Waals surface area contributed by atoms with Gasteiger partial charge >= 0.3 is 0 Å². The maximum absolute atomic E-state index is 12.3. The molecule has 5 heteroatoms. The predicted octanol–water partition coefficient (Wildman–Crippen LogP) is 3.62. The highest BCUT2D eigenvalue weighted by Crippen LogP contribution is 2.19. The molecule has 0 aliphatic heterocycles. The lowest BCUT2D eigenvalue weighted by Gasteiger charge is -2.10. The monoisotopic (exact) mass is 320 g/mol. The highest BCUT2D eigenvalue weighted by atomic mass is 16.5. The average Bonchev–Trinajstić information content (AvgIpc) is 3.14. The van der Waals surface area contributed by atoms with E-state index < -0.39 is 0 Å². The van der Waals surface area contributed by atoms with Gasteiger partial charge in [0.15, 0.2) is 0 Å². The van der Waals surface area contributed by atoms with Gasteiger partial charge in [-0.15, -0.1) is 0 Å². The Balaban J connectivity index is 1.65. The molecular formula is C19H16N2O3. The van der Waals surface area contributed by atoms with Crippen LogP contribution in [0.1, 0.15) is 21.7 Å². The van der Waals surface area contributed by atoms with Gasteiger partial charge in [0.25, 0.3) is 5.91 Å². The SMILES string of the molecule is O=C(N/N=C/c1ccco1)c1ccccc1OCc1ccccc1. The molecule has 0 atom stereocenters. The fourth-order valence-electron chi connectivity index (χ4n) is 2.09. The van der Waals surface area contributed by atoms with Gasteiger partial charge < -0.3 is 9.15 Å². The Kier molecular flexibility index (Phi) is 5.04. The molecule has 3 aromatic rings. The molecule has 0 fully saturated rings. The van der Waals surface area contributed by atoms with Crippen molar-refractivity contribution in [1.82, 2.24) is 5.43 Å². The zero-order valence-corrected chi connectivity index (χ0v) is 12.9. The molecule has 2 aromatic carbocycles. The number of rotatable bonds is 6. The first-order valence-electron chi connectivity index (χ1n) is 7.45. The minimum atomic E-state index is -0.346. The molecule has 24 heavy (non-hydrogen) atoms. The van der Waals surface area contributed by atoms with Gasteiger partial charge in [0.1, 0.15) is 18.1 Å². The third-order valence-electron chi connectivity index (χ3n) is 3.27. The van der Waals surface area contributed by atoms with E-state index >= 15 is 0 Å². The minimum Gasteiger partial charge on any atom is -0.488 e. The molecule has 0 unspecified atom stereocenters. The number of hydrazone groups is 1. The van der Waals surface area contributed by atoms with Gasteiger partial charge in [0.2, 0.25) is 0 Å². The molecule has 120 valence electrons. The molecule has 0 aliphatic carbocycles. The van der Waals surface area contributed by atoms with Crippen molar-refractivity contribution in [2.75, 3.05) is 0 Å². The zero-order chi connectivity index (χ0) is 16.6. The van der Waals surface area contributed by atoms with Crippen molar-refractivity contribution < 1.29 is 13.9 Å². The van der Waals surface area contributed by atoms with Crippen LogP contribution in [0.5, 0.6) is 5.75 Å². The summed E-state index contributed by atoms with van der Waals surface area (Å²) in [7, 11) is 0. The highest BCUT2D eigenvalue weighted by Gasteiger charge is 2.11. The number of para-hydroxylation sites is 1. The van der Waals surface area contributed by atoms with Crippen LogP contribution in [0.4, 0.5) is 0 Å². The molecule has 0 spiro atoms. The summed E-state index contributed by atoms with van der Waals surface area (Å²) in [5, 5.41) is 3.88. The van der Waals surface area contributed by atoms with Crippen LogP contribution in [0, 0.1) is 0 Å². The number of furan rings is 1. The molecule has 1 amide bonds. The van der Waals surface area contributed by atoms with Gasteiger partial charge in [-0.25, -0.2) is 5.43 Å². The number of hydrogen-bond acceptors (Lipinski definition) is 4. The maximum Gasteiger partial charge on any atom is 0.275 e. The summed E-state index contributed by atoms with van der Waals surface area (Å²) in [5.41, 5.74) is 3.92. The van der Waals surface area contributed by atoms with E-state index in [0.29, 0.717) is 23.7 Å². The summed E-state index contributed by atoms with van der Waals surface area (Å²) in [6.45, 7) is 0.390. The minimum absolute atomic E-state index is 0.346. The summed E-state index contributed by atoms with van der Waals surface area (Å²) in [6.07, 6.45) is 2.97. The van der Waals surface area contributed by atoms with E-state index in [1.165, 1.54) is 12.5 Å². The summed E-state index contributed by atoms with van der Waals surface area (Å²) in [4.78, 5) is 12.3.